The van der Waals surface area contributed by atoms with Crippen molar-refractivity contribution in [2.24, 2.45) is 0 Å². The summed E-state index contributed by atoms with van der Waals surface area (Å²) >= 11 is 1.53. The highest BCUT2D eigenvalue weighted by molar-refractivity contribution is 7.89. The maximum Gasteiger partial charge on any atom is 0.241 e. The van der Waals surface area contributed by atoms with Crippen molar-refractivity contribution in [2.45, 2.75) is 38.3 Å². The molecule has 2 N–H and O–H groups in total. The lowest BCUT2D eigenvalue weighted by atomic mass is 10.3. The molecule has 0 amide bonds. The highest BCUT2D eigenvalue weighted by atomic mass is 32.2. The van der Waals surface area contributed by atoms with Crippen LogP contribution in [0.3, 0.4) is 0 Å². The van der Waals surface area contributed by atoms with E-state index in [0.29, 0.717) is 30.6 Å². The molecule has 116 valence electrons. The average molecular weight is 319 g/mol. The van der Waals surface area contributed by atoms with Crippen LogP contribution in [0.25, 0.3) is 0 Å². The number of rotatable bonds is 8. The molecule has 0 unspecified atom stereocenters. The van der Waals surface area contributed by atoms with Crippen molar-refractivity contribution in [3.63, 3.8) is 0 Å². The van der Waals surface area contributed by atoms with Gasteiger partial charge in [-0.05, 0) is 27.1 Å². The first-order valence-corrected chi connectivity index (χ1v) is 8.99. The van der Waals surface area contributed by atoms with E-state index in [1.165, 1.54) is 11.3 Å². The molecule has 7 heteroatoms. The Bertz CT molecular complexity index is 522. The second-order valence-corrected chi connectivity index (χ2v) is 8.45. The van der Waals surface area contributed by atoms with Crippen LogP contribution in [0.1, 0.15) is 23.6 Å². The third-order valence-corrected chi connectivity index (χ3v) is 5.52. The van der Waals surface area contributed by atoms with Crippen molar-refractivity contribution in [1.29, 1.82) is 0 Å². The minimum Gasteiger partial charge on any atom is -0.310 e. The quantitative estimate of drug-likeness (QED) is 0.760. The van der Waals surface area contributed by atoms with Crippen LogP contribution in [0.15, 0.2) is 11.0 Å². The summed E-state index contributed by atoms with van der Waals surface area (Å²) in [6.45, 7) is 7.80. The van der Waals surface area contributed by atoms with E-state index in [0.717, 1.165) is 9.75 Å². The van der Waals surface area contributed by atoms with Crippen molar-refractivity contribution in [2.75, 3.05) is 27.2 Å². The van der Waals surface area contributed by atoms with Crippen LogP contribution >= 0.6 is 11.3 Å². The maximum absolute atomic E-state index is 12.2. The Morgan fingerprint density at radius 1 is 1.35 bits per heavy atom. The largest absolute Gasteiger partial charge is 0.310 e. The van der Waals surface area contributed by atoms with Crippen LogP contribution < -0.4 is 10.0 Å². The van der Waals surface area contributed by atoms with E-state index < -0.39 is 10.0 Å². The molecular weight excluding hydrogens is 294 g/mol. The van der Waals surface area contributed by atoms with Gasteiger partial charge in [-0.1, -0.05) is 13.8 Å². The molecule has 0 aromatic carbocycles. The number of sulfonamides is 1. The topological polar surface area (TPSA) is 61.4 Å². The van der Waals surface area contributed by atoms with Crippen molar-refractivity contribution in [3.8, 4) is 0 Å². The number of likely N-dealkylation sites (N-methyl/N-ethyl adjacent to an activating group) is 1. The molecule has 5 nitrogen and oxygen atoms in total. The highest BCUT2D eigenvalue weighted by Crippen LogP contribution is 2.25. The molecule has 1 aromatic rings. The summed E-state index contributed by atoms with van der Waals surface area (Å²) in [5, 5.41) is 3.30. The summed E-state index contributed by atoms with van der Waals surface area (Å²) in [4.78, 5) is 4.23. The van der Waals surface area contributed by atoms with E-state index in [-0.39, 0.29) is 0 Å². The van der Waals surface area contributed by atoms with Gasteiger partial charge >= 0.3 is 0 Å². The normalized spacial score (nSPS) is 12.6. The summed E-state index contributed by atoms with van der Waals surface area (Å²) in [5.41, 5.74) is 0. The lowest BCUT2D eigenvalue weighted by molar-refractivity contribution is 0.412. The highest BCUT2D eigenvalue weighted by Gasteiger charge is 2.19. The second kappa shape index (κ2) is 7.51. The fourth-order valence-electron chi connectivity index (χ4n) is 1.66. The number of hydrogen-bond donors (Lipinski definition) is 2. The Morgan fingerprint density at radius 2 is 2.00 bits per heavy atom. The van der Waals surface area contributed by atoms with E-state index in [2.05, 4.69) is 23.9 Å². The fourth-order valence-corrected chi connectivity index (χ4v) is 4.27. The smallest absolute Gasteiger partial charge is 0.241 e. The molecule has 0 aliphatic heterocycles. The van der Waals surface area contributed by atoms with Gasteiger partial charge in [0, 0.05) is 35.4 Å². The summed E-state index contributed by atoms with van der Waals surface area (Å²) in [7, 11) is 0.435. The predicted octanol–water partition coefficient (Wildman–Crippen LogP) is 1.39. The van der Waals surface area contributed by atoms with Crippen LogP contribution in [0.2, 0.25) is 0 Å². The zero-order valence-electron chi connectivity index (χ0n) is 12.9. The standard InChI is InChI=1S/C13H25N3O2S2/c1-10(2)14-9-12-8-13(11(3)19-12)20(17,18)15-6-7-16(4)5/h8,10,14-15H,6-7,9H2,1-5H3. The maximum atomic E-state index is 12.2. The molecule has 20 heavy (non-hydrogen) atoms. The fraction of sp³-hybridized carbons (Fsp3) is 0.692. The molecule has 0 radical (unpaired) electrons. The van der Waals surface area contributed by atoms with Crippen molar-refractivity contribution in [1.82, 2.24) is 14.9 Å². The first kappa shape index (κ1) is 17.6. The lowest BCUT2D eigenvalue weighted by Gasteiger charge is -2.10. The molecule has 1 heterocycles. The summed E-state index contributed by atoms with van der Waals surface area (Å²) in [5.74, 6) is 0. The SMILES string of the molecule is Cc1sc(CNC(C)C)cc1S(=O)(=O)NCCN(C)C. The van der Waals surface area contributed by atoms with Gasteiger partial charge < -0.3 is 10.2 Å². The van der Waals surface area contributed by atoms with Gasteiger partial charge in [-0.3, -0.25) is 0 Å². The van der Waals surface area contributed by atoms with Gasteiger partial charge in [0.05, 0.1) is 4.90 Å². The summed E-state index contributed by atoms with van der Waals surface area (Å²) in [6.07, 6.45) is 0. The number of nitrogens with one attached hydrogen (secondary N) is 2. The van der Waals surface area contributed by atoms with Crippen LogP contribution in [-0.2, 0) is 16.6 Å². The zero-order chi connectivity index (χ0) is 15.3. The molecule has 0 aliphatic rings. The molecule has 0 aliphatic carbocycles. The summed E-state index contributed by atoms with van der Waals surface area (Å²) < 4.78 is 27.1. The molecule has 0 saturated carbocycles. The molecule has 0 spiro atoms. The molecule has 0 saturated heterocycles. The van der Waals surface area contributed by atoms with E-state index in [4.69, 9.17) is 0 Å². The van der Waals surface area contributed by atoms with Crippen molar-refractivity contribution in [3.05, 3.63) is 15.8 Å². The number of thiophene rings is 1. The molecule has 1 aromatic heterocycles. The number of aryl methyl sites for hydroxylation is 1. The van der Waals surface area contributed by atoms with Crippen LogP contribution in [0, 0.1) is 6.92 Å². The third-order valence-electron chi connectivity index (χ3n) is 2.75. The van der Waals surface area contributed by atoms with E-state index in [1.807, 2.05) is 25.9 Å². The lowest BCUT2D eigenvalue weighted by Crippen LogP contribution is -2.31. The predicted molar refractivity (Wildman–Crippen MR) is 84.8 cm³/mol. The molecular formula is C13H25N3O2S2. The Kier molecular flexibility index (Phi) is 6.60. The van der Waals surface area contributed by atoms with E-state index in [9.17, 15) is 8.42 Å². The Balaban J connectivity index is 2.74. The van der Waals surface area contributed by atoms with Crippen molar-refractivity contribution < 1.29 is 8.42 Å². The van der Waals surface area contributed by atoms with Gasteiger partial charge in [0.2, 0.25) is 10.0 Å². The van der Waals surface area contributed by atoms with Gasteiger partial charge in [-0.2, -0.15) is 0 Å². The van der Waals surface area contributed by atoms with E-state index >= 15 is 0 Å². The first-order valence-electron chi connectivity index (χ1n) is 6.69. The van der Waals surface area contributed by atoms with Crippen LogP contribution in [-0.4, -0.2) is 46.5 Å². The number of nitrogens with zero attached hydrogens (tertiary/aromatic N) is 1. The molecule has 0 bridgehead atoms. The Morgan fingerprint density at radius 3 is 2.55 bits per heavy atom. The Labute approximate surface area is 126 Å². The second-order valence-electron chi connectivity index (χ2n) is 5.37. The zero-order valence-corrected chi connectivity index (χ0v) is 14.5. The van der Waals surface area contributed by atoms with E-state index in [1.54, 1.807) is 6.07 Å². The number of hydrogen-bond acceptors (Lipinski definition) is 5. The average Bonchev–Trinajstić information content (AvgIpc) is 2.68. The molecule has 0 fully saturated rings. The van der Waals surface area contributed by atoms with Gasteiger partial charge in [-0.25, -0.2) is 13.1 Å². The molecule has 1 rings (SSSR count). The third kappa shape index (κ3) is 5.49. The van der Waals surface area contributed by atoms with Gasteiger partial charge in [-0.15, -0.1) is 11.3 Å². The van der Waals surface area contributed by atoms with Gasteiger partial charge in [0.1, 0.15) is 0 Å². The van der Waals surface area contributed by atoms with Crippen LogP contribution in [0.4, 0.5) is 0 Å². The minimum atomic E-state index is -3.40. The van der Waals surface area contributed by atoms with Crippen LogP contribution in [0.5, 0.6) is 0 Å². The summed E-state index contributed by atoms with van der Waals surface area (Å²) in [6, 6.07) is 2.16. The van der Waals surface area contributed by atoms with Gasteiger partial charge in [0.25, 0.3) is 0 Å². The monoisotopic (exact) mass is 319 g/mol. The Hall–Kier alpha value is -0.470. The minimum absolute atomic E-state index is 0.385. The van der Waals surface area contributed by atoms with Crippen molar-refractivity contribution >= 4 is 21.4 Å². The van der Waals surface area contributed by atoms with Gasteiger partial charge in [0.15, 0.2) is 0 Å². The first-order chi connectivity index (χ1) is 9.22. The molecule has 0 atom stereocenters.